The van der Waals surface area contributed by atoms with E-state index in [1.807, 2.05) is 13.8 Å². The Bertz CT molecular complexity index is 173. The van der Waals surface area contributed by atoms with E-state index >= 15 is 0 Å². The van der Waals surface area contributed by atoms with Crippen LogP contribution in [0.25, 0.3) is 0 Å². The molecule has 6 heteroatoms. The summed E-state index contributed by atoms with van der Waals surface area (Å²) in [4.78, 5) is 0. The second-order valence-corrected chi connectivity index (χ2v) is 15.9. The molecule has 0 atom stereocenters. The number of hydrogen-bond donors (Lipinski definition) is 0. The number of halogens is 6. The first kappa shape index (κ1) is 14.6. The monoisotopic (exact) mass is 552 g/mol. The number of hydrogen-bond acceptors (Lipinski definition) is 0. The normalized spacial score (nSPS) is 13.0. The van der Waals surface area contributed by atoms with Crippen molar-refractivity contribution in [1.82, 2.24) is 0 Å². The lowest BCUT2D eigenvalue weighted by molar-refractivity contribution is 1.18. The van der Waals surface area contributed by atoms with Crippen LogP contribution in [0.5, 0.6) is 0 Å². The molecular formula is C6H6Br6. The number of alkyl halides is 6. The third kappa shape index (κ3) is 4.91. The van der Waals surface area contributed by atoms with E-state index < -0.39 is 4.29 Å². The average molecular weight is 558 g/mol. The van der Waals surface area contributed by atoms with Crippen LogP contribution in [-0.4, -0.2) is 4.29 Å². The molecule has 0 radical (unpaired) electrons. The number of allylic oxidation sites excluding steroid dienone is 2. The van der Waals surface area contributed by atoms with Crippen molar-refractivity contribution >= 4 is 95.6 Å². The minimum absolute atomic E-state index is 0.400. The molecule has 0 nitrogen and oxygen atoms in total. The summed E-state index contributed by atoms with van der Waals surface area (Å²) in [5.41, 5.74) is 2.27. The lowest BCUT2D eigenvalue weighted by Gasteiger charge is -2.26. The maximum absolute atomic E-state index is 3.47. The van der Waals surface area contributed by atoms with Crippen LogP contribution in [0.1, 0.15) is 13.8 Å². The SMILES string of the molecule is CC(C)=C(C(Br)(Br)Br)C(Br)(Br)Br. The third-order valence-electron chi connectivity index (χ3n) is 1.07. The van der Waals surface area contributed by atoms with Gasteiger partial charge in [-0.25, -0.2) is 0 Å². The fraction of sp³-hybridized carbons (Fsp3) is 0.667. The van der Waals surface area contributed by atoms with Crippen molar-refractivity contribution in [3.63, 3.8) is 0 Å². The molecule has 0 heterocycles. The van der Waals surface area contributed by atoms with Gasteiger partial charge in [0.2, 0.25) is 0 Å². The highest BCUT2D eigenvalue weighted by Crippen LogP contribution is 2.55. The molecule has 0 aromatic heterocycles. The van der Waals surface area contributed by atoms with E-state index in [2.05, 4.69) is 95.6 Å². The highest BCUT2D eigenvalue weighted by Gasteiger charge is 2.38. The van der Waals surface area contributed by atoms with Gasteiger partial charge in [-0.2, -0.15) is 0 Å². The molecule has 12 heavy (non-hydrogen) atoms. The van der Waals surface area contributed by atoms with Crippen molar-refractivity contribution in [1.29, 1.82) is 0 Å². The summed E-state index contributed by atoms with van der Waals surface area (Å²) in [5.74, 6) is 0. The van der Waals surface area contributed by atoms with Gasteiger partial charge in [0.05, 0.1) is 0 Å². The lowest BCUT2D eigenvalue weighted by atomic mass is 10.2. The van der Waals surface area contributed by atoms with Gasteiger partial charge in [0.25, 0.3) is 0 Å². The van der Waals surface area contributed by atoms with Gasteiger partial charge in [0.15, 0.2) is 4.29 Å². The van der Waals surface area contributed by atoms with Crippen LogP contribution in [0, 0.1) is 0 Å². The largest absolute Gasteiger partial charge is 0.159 e. The fourth-order valence-electron chi connectivity index (χ4n) is 0.728. The van der Waals surface area contributed by atoms with E-state index in [1.54, 1.807) is 0 Å². The van der Waals surface area contributed by atoms with Gasteiger partial charge in [-0.05, 0) is 13.8 Å². The maximum Gasteiger partial charge on any atom is 0.159 e. The third-order valence-corrected chi connectivity index (χ3v) is 3.45. The highest BCUT2D eigenvalue weighted by atomic mass is 80.0. The molecule has 0 bridgehead atoms. The predicted octanol–water partition coefficient (Wildman–Crippen LogP) is 6.00. The zero-order chi connectivity index (χ0) is 10.2. The minimum Gasteiger partial charge on any atom is -0.0710 e. The van der Waals surface area contributed by atoms with E-state index in [-0.39, 0.29) is 0 Å². The fourth-order valence-corrected chi connectivity index (χ4v) is 7.29. The predicted molar refractivity (Wildman–Crippen MR) is 77.4 cm³/mol. The van der Waals surface area contributed by atoms with Crippen molar-refractivity contribution in [3.8, 4) is 0 Å². The molecule has 0 aliphatic rings. The van der Waals surface area contributed by atoms with Gasteiger partial charge in [-0.15, -0.1) is 0 Å². The highest BCUT2D eigenvalue weighted by molar-refractivity contribution is 9.41. The average Bonchev–Trinajstić information content (AvgIpc) is 1.49. The summed E-state index contributed by atoms with van der Waals surface area (Å²) < 4.78 is -0.801. The molecular weight excluding hydrogens is 551 g/mol. The molecule has 0 N–H and O–H groups in total. The Labute approximate surface area is 123 Å². The summed E-state index contributed by atoms with van der Waals surface area (Å²) in [6.45, 7) is 4.07. The van der Waals surface area contributed by atoms with Crippen LogP contribution in [0.3, 0.4) is 0 Å². The van der Waals surface area contributed by atoms with Crippen molar-refractivity contribution in [2.75, 3.05) is 0 Å². The van der Waals surface area contributed by atoms with Gasteiger partial charge in [-0.1, -0.05) is 101 Å². The van der Waals surface area contributed by atoms with Crippen LogP contribution in [0.4, 0.5) is 0 Å². The zero-order valence-corrected chi connectivity index (χ0v) is 15.8. The first-order chi connectivity index (χ1) is 5.07. The zero-order valence-electron chi connectivity index (χ0n) is 6.27. The van der Waals surface area contributed by atoms with E-state index in [9.17, 15) is 0 Å². The van der Waals surface area contributed by atoms with Gasteiger partial charge >= 0.3 is 0 Å². The summed E-state index contributed by atoms with van der Waals surface area (Å²) in [6.07, 6.45) is 0. The van der Waals surface area contributed by atoms with Crippen LogP contribution in [0.2, 0.25) is 0 Å². The maximum atomic E-state index is 3.47. The van der Waals surface area contributed by atoms with E-state index in [4.69, 9.17) is 0 Å². The Morgan fingerprint density at radius 3 is 1.00 bits per heavy atom. The molecule has 0 rings (SSSR count). The molecule has 0 fully saturated rings. The van der Waals surface area contributed by atoms with Gasteiger partial charge < -0.3 is 0 Å². The summed E-state index contributed by atoms with van der Waals surface area (Å²) in [6, 6.07) is 0. The molecule has 0 saturated heterocycles. The summed E-state index contributed by atoms with van der Waals surface area (Å²) >= 11 is 20.8. The number of rotatable bonds is 0. The van der Waals surface area contributed by atoms with E-state index in [0.29, 0.717) is 0 Å². The van der Waals surface area contributed by atoms with Gasteiger partial charge in [0, 0.05) is 5.57 Å². The van der Waals surface area contributed by atoms with Crippen LogP contribution in [-0.2, 0) is 0 Å². The molecule has 0 saturated carbocycles. The molecule has 0 aromatic carbocycles. The van der Waals surface area contributed by atoms with Crippen LogP contribution in [0.15, 0.2) is 11.1 Å². The molecule has 72 valence electrons. The van der Waals surface area contributed by atoms with Crippen molar-refractivity contribution in [3.05, 3.63) is 11.1 Å². The van der Waals surface area contributed by atoms with Crippen molar-refractivity contribution in [2.45, 2.75) is 18.1 Å². The lowest BCUT2D eigenvalue weighted by Crippen LogP contribution is -2.19. The van der Waals surface area contributed by atoms with E-state index in [0.717, 1.165) is 5.57 Å². The Balaban J connectivity index is 5.13. The Morgan fingerprint density at radius 1 is 0.750 bits per heavy atom. The molecule has 0 aliphatic carbocycles. The molecule has 0 amide bonds. The molecule has 0 aromatic rings. The van der Waals surface area contributed by atoms with Crippen LogP contribution >= 0.6 is 95.6 Å². The standard InChI is InChI=1S/C6H6Br6/c1-3(2)4(5(7,8)9)6(10,11)12/h1-2H3. The van der Waals surface area contributed by atoms with Gasteiger partial charge in [-0.3, -0.25) is 0 Å². The summed E-state index contributed by atoms with van der Waals surface area (Å²) in [7, 11) is 0. The quantitative estimate of drug-likeness (QED) is 0.253. The minimum atomic E-state index is -0.400. The second-order valence-electron chi connectivity index (χ2n) is 2.37. The van der Waals surface area contributed by atoms with E-state index in [1.165, 1.54) is 5.57 Å². The molecule has 0 unspecified atom stereocenters. The molecule has 0 aliphatic heterocycles. The second kappa shape index (κ2) is 5.10. The smallest absolute Gasteiger partial charge is 0.0710 e. The van der Waals surface area contributed by atoms with Gasteiger partial charge in [0.1, 0.15) is 0 Å². The first-order valence-corrected chi connectivity index (χ1v) is 7.64. The Hall–Kier alpha value is 2.62. The Kier molecular flexibility index (Phi) is 6.22. The van der Waals surface area contributed by atoms with Crippen molar-refractivity contribution in [2.24, 2.45) is 0 Å². The topological polar surface area (TPSA) is 0 Å². The Morgan fingerprint density at radius 2 is 1.00 bits per heavy atom. The van der Waals surface area contributed by atoms with Crippen molar-refractivity contribution < 1.29 is 0 Å². The first-order valence-electron chi connectivity index (χ1n) is 2.88. The van der Waals surface area contributed by atoms with Crippen LogP contribution < -0.4 is 0 Å². The molecule has 0 spiro atoms. The summed E-state index contributed by atoms with van der Waals surface area (Å²) in [5, 5.41) is 0.